The molecule has 98 valence electrons. The minimum atomic E-state index is -4.49. The van der Waals surface area contributed by atoms with Crippen LogP contribution in [0.15, 0.2) is 22.5 Å². The van der Waals surface area contributed by atoms with Crippen LogP contribution in [0.2, 0.25) is 0 Å². The van der Waals surface area contributed by atoms with E-state index in [9.17, 15) is 13.2 Å². The summed E-state index contributed by atoms with van der Waals surface area (Å²) < 4.78 is 42.7. The van der Waals surface area contributed by atoms with Crippen molar-refractivity contribution in [3.8, 4) is 18.2 Å². The molecule has 1 aliphatic rings. The van der Waals surface area contributed by atoms with Crippen LogP contribution in [0.3, 0.4) is 0 Å². The second-order valence-electron chi connectivity index (χ2n) is 4.16. The summed E-state index contributed by atoms with van der Waals surface area (Å²) in [5.74, 6) is -0.378. The Balaban J connectivity index is 3.40. The number of rotatable bonds is 1. The summed E-state index contributed by atoms with van der Waals surface area (Å²) >= 11 is 0. The van der Waals surface area contributed by atoms with Crippen molar-refractivity contribution in [1.29, 1.82) is 15.8 Å². The largest absolute Gasteiger partial charge is 0.479 e. The smallest absolute Gasteiger partial charge is 0.393 e. The van der Waals surface area contributed by atoms with Gasteiger partial charge in [0.05, 0.1) is 12.0 Å². The van der Waals surface area contributed by atoms with E-state index in [4.69, 9.17) is 20.5 Å². The minimum Gasteiger partial charge on any atom is -0.479 e. The normalized spacial score (nSPS) is 22.3. The van der Waals surface area contributed by atoms with Crippen LogP contribution in [0, 0.1) is 34.0 Å². The van der Waals surface area contributed by atoms with Gasteiger partial charge in [0, 0.05) is 0 Å². The number of hydrogen-bond acceptors (Lipinski definition) is 4. The van der Waals surface area contributed by atoms with Gasteiger partial charge in [0.15, 0.2) is 11.3 Å². The molecular weight excluding hydrogens is 259 g/mol. The van der Waals surface area contributed by atoms with Crippen molar-refractivity contribution in [1.82, 2.24) is 0 Å². The Morgan fingerprint density at radius 3 is 2.16 bits per heavy atom. The third-order valence-corrected chi connectivity index (χ3v) is 2.82. The average Bonchev–Trinajstić information content (AvgIpc) is 2.50. The van der Waals surface area contributed by atoms with Gasteiger partial charge in [-0.25, -0.2) is 0 Å². The van der Waals surface area contributed by atoms with Crippen molar-refractivity contribution in [3.05, 3.63) is 22.5 Å². The van der Waals surface area contributed by atoms with E-state index in [1.807, 2.05) is 0 Å². The Bertz CT molecular complexity index is 580. The van der Waals surface area contributed by atoms with Gasteiger partial charge in [0.1, 0.15) is 23.8 Å². The van der Waals surface area contributed by atoms with Gasteiger partial charge >= 0.3 is 6.18 Å². The fraction of sp³-hybridized carbons (Fsp3) is 0.417. The molecule has 1 unspecified atom stereocenters. The van der Waals surface area contributed by atoms with Crippen LogP contribution in [0.1, 0.15) is 20.3 Å². The topological polar surface area (TPSA) is 80.6 Å². The first-order chi connectivity index (χ1) is 8.68. The number of ether oxygens (including phenoxy) is 1. The number of halogens is 3. The summed E-state index contributed by atoms with van der Waals surface area (Å²) in [5, 5.41) is 26.4. The highest BCUT2D eigenvalue weighted by molar-refractivity contribution is 5.57. The van der Waals surface area contributed by atoms with Crippen LogP contribution in [-0.2, 0) is 4.74 Å². The van der Waals surface area contributed by atoms with Crippen LogP contribution >= 0.6 is 0 Å². The van der Waals surface area contributed by atoms with Crippen molar-refractivity contribution in [2.45, 2.75) is 32.0 Å². The molecule has 0 amide bonds. The molecule has 1 aliphatic heterocycles. The monoisotopic (exact) mass is 267 g/mol. The second-order valence-corrected chi connectivity index (χ2v) is 4.16. The van der Waals surface area contributed by atoms with E-state index in [0.717, 1.165) is 0 Å². The molecule has 0 fully saturated rings. The SMILES string of the molecule is CC1=C(C#N)C(=C(C#N)C#N)OC1(C)CC(F)(F)F. The van der Waals surface area contributed by atoms with Crippen molar-refractivity contribution in [2.24, 2.45) is 0 Å². The Morgan fingerprint density at radius 2 is 1.79 bits per heavy atom. The number of nitriles is 3. The zero-order valence-electron chi connectivity index (χ0n) is 10.1. The zero-order valence-corrected chi connectivity index (χ0v) is 10.1. The fourth-order valence-corrected chi connectivity index (χ4v) is 1.78. The first kappa shape index (κ1) is 14.6. The molecule has 0 radical (unpaired) electrons. The summed E-state index contributed by atoms with van der Waals surface area (Å²) in [7, 11) is 0. The predicted molar refractivity (Wildman–Crippen MR) is 56.7 cm³/mol. The van der Waals surface area contributed by atoms with E-state index in [1.165, 1.54) is 26.0 Å². The van der Waals surface area contributed by atoms with Gasteiger partial charge in [-0.05, 0) is 19.4 Å². The molecule has 0 aliphatic carbocycles. The Kier molecular flexibility index (Phi) is 3.58. The van der Waals surface area contributed by atoms with Crippen molar-refractivity contribution in [3.63, 3.8) is 0 Å². The maximum Gasteiger partial charge on any atom is 0.393 e. The maximum atomic E-state index is 12.5. The second kappa shape index (κ2) is 4.66. The molecule has 1 heterocycles. The van der Waals surface area contributed by atoms with E-state index in [-0.39, 0.29) is 16.9 Å². The van der Waals surface area contributed by atoms with E-state index >= 15 is 0 Å². The molecule has 1 rings (SSSR count). The van der Waals surface area contributed by atoms with Gasteiger partial charge in [-0.3, -0.25) is 0 Å². The van der Waals surface area contributed by atoms with E-state index in [1.54, 1.807) is 6.07 Å². The molecular formula is C12H8F3N3O. The average molecular weight is 267 g/mol. The highest BCUT2D eigenvalue weighted by Gasteiger charge is 2.48. The lowest BCUT2D eigenvalue weighted by Gasteiger charge is -2.27. The lowest BCUT2D eigenvalue weighted by atomic mass is 9.91. The molecule has 4 nitrogen and oxygen atoms in total. The predicted octanol–water partition coefficient (Wildman–Crippen LogP) is 2.87. The third-order valence-electron chi connectivity index (χ3n) is 2.82. The molecule has 19 heavy (non-hydrogen) atoms. The van der Waals surface area contributed by atoms with Gasteiger partial charge in [-0.15, -0.1) is 0 Å². The lowest BCUT2D eigenvalue weighted by Crippen LogP contribution is -2.32. The molecule has 0 aromatic rings. The molecule has 0 saturated carbocycles. The quantitative estimate of drug-likeness (QED) is 0.684. The number of nitrogens with zero attached hydrogens (tertiary/aromatic N) is 3. The van der Waals surface area contributed by atoms with E-state index in [2.05, 4.69) is 0 Å². The molecule has 0 spiro atoms. The summed E-state index contributed by atoms with van der Waals surface area (Å²) in [6.07, 6.45) is -5.80. The van der Waals surface area contributed by atoms with E-state index in [0.29, 0.717) is 0 Å². The highest BCUT2D eigenvalue weighted by Crippen LogP contribution is 2.44. The zero-order chi connectivity index (χ0) is 14.8. The van der Waals surface area contributed by atoms with E-state index < -0.39 is 23.8 Å². The standard InChI is InChI=1S/C12H8F3N3O/c1-7-9(5-18)10(8(3-16)4-17)19-11(7,2)6-12(13,14)15/h6H2,1-2H3. The van der Waals surface area contributed by atoms with Crippen molar-refractivity contribution >= 4 is 0 Å². The van der Waals surface area contributed by atoms with Gasteiger partial charge in [-0.1, -0.05) is 0 Å². The fourth-order valence-electron chi connectivity index (χ4n) is 1.78. The summed E-state index contributed by atoms with van der Waals surface area (Å²) in [5.41, 5.74) is -2.41. The third kappa shape index (κ3) is 2.69. The maximum absolute atomic E-state index is 12.5. The first-order valence-electron chi connectivity index (χ1n) is 5.10. The van der Waals surface area contributed by atoms with Crippen LogP contribution in [-0.4, -0.2) is 11.8 Å². The molecule has 7 heteroatoms. The van der Waals surface area contributed by atoms with Gasteiger partial charge in [0.25, 0.3) is 0 Å². The Hall–Kier alpha value is -2.46. The van der Waals surface area contributed by atoms with Crippen molar-refractivity contribution < 1.29 is 17.9 Å². The number of alkyl halides is 3. The summed E-state index contributed by atoms with van der Waals surface area (Å²) in [6, 6.07) is 4.69. The van der Waals surface area contributed by atoms with Crippen molar-refractivity contribution in [2.75, 3.05) is 0 Å². The first-order valence-corrected chi connectivity index (χ1v) is 5.10. The highest BCUT2D eigenvalue weighted by atomic mass is 19.4. The van der Waals surface area contributed by atoms with Gasteiger partial charge < -0.3 is 4.74 Å². The lowest BCUT2D eigenvalue weighted by molar-refractivity contribution is -0.166. The van der Waals surface area contributed by atoms with Crippen LogP contribution in [0.4, 0.5) is 13.2 Å². The van der Waals surface area contributed by atoms with Crippen LogP contribution in [0.5, 0.6) is 0 Å². The van der Waals surface area contributed by atoms with Gasteiger partial charge in [0.2, 0.25) is 0 Å². The molecule has 0 aromatic heterocycles. The number of allylic oxidation sites excluding steroid dienone is 2. The van der Waals surface area contributed by atoms with Crippen LogP contribution < -0.4 is 0 Å². The summed E-state index contributed by atoms with van der Waals surface area (Å²) in [4.78, 5) is 0. The van der Waals surface area contributed by atoms with Crippen LogP contribution in [0.25, 0.3) is 0 Å². The van der Waals surface area contributed by atoms with Gasteiger partial charge in [-0.2, -0.15) is 29.0 Å². The molecule has 0 aromatic carbocycles. The molecule has 1 atom stereocenters. The summed E-state index contributed by atoms with van der Waals surface area (Å²) in [6.45, 7) is 2.50. The molecule has 0 saturated heterocycles. The Labute approximate surface area is 107 Å². The molecule has 0 N–H and O–H groups in total. The minimum absolute atomic E-state index is 0.0605. The molecule has 0 bridgehead atoms. The number of hydrogen-bond donors (Lipinski definition) is 0. The Morgan fingerprint density at radius 1 is 1.26 bits per heavy atom.